The van der Waals surface area contributed by atoms with Crippen molar-refractivity contribution in [3.05, 3.63) is 34.3 Å². The summed E-state index contributed by atoms with van der Waals surface area (Å²) in [5.74, 6) is -0.550. The third-order valence-corrected chi connectivity index (χ3v) is 5.09. The number of fused-ring (bicyclic) bond motifs is 1. The van der Waals surface area contributed by atoms with Gasteiger partial charge in [-0.05, 0) is 43.9 Å². The monoisotopic (exact) mass is 344 g/mol. The molecule has 3 heterocycles. The molecule has 1 atom stereocenters. The molecule has 2 aliphatic rings. The summed E-state index contributed by atoms with van der Waals surface area (Å²) in [5, 5.41) is 0. The smallest absolute Gasteiger partial charge is 0.408 e. The number of hydrogen-bond acceptors (Lipinski definition) is 5. The maximum Gasteiger partial charge on any atom is 0.417 e. The van der Waals surface area contributed by atoms with Crippen molar-refractivity contribution < 1.29 is 18.7 Å². The standard InChI is InChI=1S/C18H20N2O5/c21-16(12-3-4-13-15(10-12)25-18(23)19-13)11-5-7-20(8-6-11)17(22)14-2-1-9-24-14/h3-4,10-11,14H,1-2,5-9H2,(H,19,23). The molecule has 132 valence electrons. The van der Waals surface area contributed by atoms with Crippen LogP contribution in [0.3, 0.4) is 0 Å². The Hall–Kier alpha value is -2.41. The van der Waals surface area contributed by atoms with E-state index in [9.17, 15) is 14.4 Å². The van der Waals surface area contributed by atoms with E-state index in [0.717, 1.165) is 12.8 Å². The molecule has 0 radical (unpaired) electrons. The van der Waals surface area contributed by atoms with Gasteiger partial charge in [0.05, 0.1) is 5.52 Å². The van der Waals surface area contributed by atoms with Gasteiger partial charge in [-0.25, -0.2) is 4.79 Å². The number of piperidine rings is 1. The number of carbonyl (C=O) groups is 2. The van der Waals surface area contributed by atoms with Crippen molar-refractivity contribution >= 4 is 22.8 Å². The first-order valence-electron chi connectivity index (χ1n) is 8.69. The van der Waals surface area contributed by atoms with Gasteiger partial charge < -0.3 is 14.1 Å². The Morgan fingerprint density at radius 1 is 1.16 bits per heavy atom. The number of ketones is 1. The second-order valence-electron chi connectivity index (χ2n) is 6.69. The molecule has 1 aromatic heterocycles. The Kier molecular flexibility index (Phi) is 4.17. The summed E-state index contributed by atoms with van der Waals surface area (Å²) in [7, 11) is 0. The number of aromatic nitrogens is 1. The van der Waals surface area contributed by atoms with Crippen molar-refractivity contribution in [3.63, 3.8) is 0 Å². The summed E-state index contributed by atoms with van der Waals surface area (Å²) in [6.45, 7) is 1.82. The molecule has 1 aromatic carbocycles. The Morgan fingerprint density at radius 2 is 1.96 bits per heavy atom. The molecule has 0 saturated carbocycles. The summed E-state index contributed by atoms with van der Waals surface area (Å²) < 4.78 is 10.5. The van der Waals surface area contributed by atoms with Gasteiger partial charge in [0.15, 0.2) is 11.4 Å². The fourth-order valence-electron chi connectivity index (χ4n) is 3.67. The molecular weight excluding hydrogens is 324 g/mol. The van der Waals surface area contributed by atoms with E-state index in [1.54, 1.807) is 18.2 Å². The van der Waals surface area contributed by atoms with Crippen LogP contribution in [0.5, 0.6) is 0 Å². The Bertz CT molecular complexity index is 854. The number of aromatic amines is 1. The first-order valence-corrected chi connectivity index (χ1v) is 8.69. The summed E-state index contributed by atoms with van der Waals surface area (Å²) in [6.07, 6.45) is 2.72. The van der Waals surface area contributed by atoms with Crippen molar-refractivity contribution in [3.8, 4) is 0 Å². The highest BCUT2D eigenvalue weighted by atomic mass is 16.5. The van der Waals surface area contributed by atoms with Crippen LogP contribution in [0.2, 0.25) is 0 Å². The van der Waals surface area contributed by atoms with E-state index in [0.29, 0.717) is 49.2 Å². The summed E-state index contributed by atoms with van der Waals surface area (Å²) >= 11 is 0. The van der Waals surface area contributed by atoms with Crippen molar-refractivity contribution in [2.75, 3.05) is 19.7 Å². The van der Waals surface area contributed by atoms with Gasteiger partial charge >= 0.3 is 5.76 Å². The number of nitrogens with one attached hydrogen (secondary N) is 1. The quantitative estimate of drug-likeness (QED) is 0.856. The molecule has 2 aromatic rings. The zero-order valence-corrected chi connectivity index (χ0v) is 13.8. The van der Waals surface area contributed by atoms with Crippen LogP contribution in [0, 0.1) is 5.92 Å². The molecule has 4 rings (SSSR count). The maximum atomic E-state index is 12.7. The van der Waals surface area contributed by atoms with E-state index in [1.807, 2.05) is 4.90 Å². The molecule has 1 unspecified atom stereocenters. The third kappa shape index (κ3) is 3.11. The second kappa shape index (κ2) is 6.48. The van der Waals surface area contributed by atoms with Crippen LogP contribution in [-0.2, 0) is 9.53 Å². The summed E-state index contributed by atoms with van der Waals surface area (Å²) in [4.78, 5) is 40.7. The molecule has 1 N–H and O–H groups in total. The first-order chi connectivity index (χ1) is 12.1. The molecule has 0 aliphatic carbocycles. The zero-order valence-electron chi connectivity index (χ0n) is 13.8. The van der Waals surface area contributed by atoms with Crippen molar-refractivity contribution in [2.45, 2.75) is 31.8 Å². The zero-order chi connectivity index (χ0) is 17.4. The minimum absolute atomic E-state index is 0.0370. The molecule has 7 heteroatoms. The average molecular weight is 344 g/mol. The molecule has 2 aliphatic heterocycles. The maximum absolute atomic E-state index is 12.7. The Morgan fingerprint density at radius 3 is 2.68 bits per heavy atom. The lowest BCUT2D eigenvalue weighted by Crippen LogP contribution is -2.44. The number of Topliss-reactive ketones (excluding diaryl/α,β-unsaturated/α-hetero) is 1. The first kappa shape index (κ1) is 16.1. The number of carbonyl (C=O) groups excluding carboxylic acids is 2. The van der Waals surface area contributed by atoms with E-state index in [1.165, 1.54) is 0 Å². The van der Waals surface area contributed by atoms with Crippen molar-refractivity contribution in [1.82, 2.24) is 9.88 Å². The van der Waals surface area contributed by atoms with E-state index in [2.05, 4.69) is 4.98 Å². The fraction of sp³-hybridized carbons (Fsp3) is 0.500. The number of amides is 1. The number of hydrogen-bond donors (Lipinski definition) is 1. The number of ether oxygens (including phenoxy) is 1. The minimum atomic E-state index is -0.527. The van der Waals surface area contributed by atoms with Gasteiger partial charge in [-0.2, -0.15) is 0 Å². The number of likely N-dealkylation sites (tertiary alicyclic amines) is 1. The molecule has 25 heavy (non-hydrogen) atoms. The van der Waals surface area contributed by atoms with Gasteiger partial charge in [0, 0.05) is 31.2 Å². The highest BCUT2D eigenvalue weighted by Crippen LogP contribution is 2.25. The number of nitrogens with zero attached hydrogens (tertiary/aromatic N) is 1. The van der Waals surface area contributed by atoms with Crippen LogP contribution >= 0.6 is 0 Å². The van der Waals surface area contributed by atoms with Crippen LogP contribution in [0.1, 0.15) is 36.0 Å². The van der Waals surface area contributed by atoms with Gasteiger partial charge in [-0.15, -0.1) is 0 Å². The number of benzene rings is 1. The highest BCUT2D eigenvalue weighted by Gasteiger charge is 2.33. The molecule has 7 nitrogen and oxygen atoms in total. The predicted molar refractivity (Wildman–Crippen MR) is 89.4 cm³/mol. The Labute approximate surface area is 143 Å². The van der Waals surface area contributed by atoms with Gasteiger partial charge in [0.25, 0.3) is 5.91 Å². The molecule has 2 fully saturated rings. The predicted octanol–water partition coefficient (Wildman–Crippen LogP) is 1.72. The van der Waals surface area contributed by atoms with Crippen LogP contribution in [0.15, 0.2) is 27.4 Å². The molecule has 0 spiro atoms. The molecular formula is C18H20N2O5. The lowest BCUT2D eigenvalue weighted by atomic mass is 9.88. The minimum Gasteiger partial charge on any atom is -0.408 e. The van der Waals surface area contributed by atoms with Crippen LogP contribution in [-0.4, -0.2) is 47.4 Å². The molecule has 2 saturated heterocycles. The summed E-state index contributed by atoms with van der Waals surface area (Å²) in [5.41, 5.74) is 1.51. The number of rotatable bonds is 3. The van der Waals surface area contributed by atoms with E-state index >= 15 is 0 Å². The van der Waals surface area contributed by atoms with E-state index in [4.69, 9.17) is 9.15 Å². The average Bonchev–Trinajstić information content (AvgIpc) is 3.28. The largest absolute Gasteiger partial charge is 0.417 e. The van der Waals surface area contributed by atoms with Crippen LogP contribution in [0.25, 0.3) is 11.1 Å². The number of oxazole rings is 1. The SMILES string of the molecule is O=C(c1ccc2[nH]c(=O)oc2c1)C1CCN(C(=O)C2CCCO2)CC1. The van der Waals surface area contributed by atoms with Crippen molar-refractivity contribution in [2.24, 2.45) is 5.92 Å². The third-order valence-electron chi connectivity index (χ3n) is 5.09. The van der Waals surface area contributed by atoms with Gasteiger partial charge in [-0.1, -0.05) is 0 Å². The van der Waals surface area contributed by atoms with Gasteiger partial charge in [0.1, 0.15) is 6.10 Å². The Balaban J connectivity index is 1.41. The van der Waals surface area contributed by atoms with Gasteiger partial charge in [0.2, 0.25) is 0 Å². The summed E-state index contributed by atoms with van der Waals surface area (Å²) in [6, 6.07) is 5.00. The van der Waals surface area contributed by atoms with Gasteiger partial charge in [-0.3, -0.25) is 14.6 Å². The lowest BCUT2D eigenvalue weighted by molar-refractivity contribution is -0.142. The normalized spacial score (nSPS) is 21.8. The van der Waals surface area contributed by atoms with E-state index < -0.39 is 5.76 Å². The molecule has 1 amide bonds. The number of H-pyrrole nitrogens is 1. The van der Waals surface area contributed by atoms with Crippen molar-refractivity contribution in [1.29, 1.82) is 0 Å². The topological polar surface area (TPSA) is 92.6 Å². The highest BCUT2D eigenvalue weighted by molar-refractivity contribution is 6.00. The second-order valence-corrected chi connectivity index (χ2v) is 6.69. The molecule has 0 bridgehead atoms. The van der Waals surface area contributed by atoms with E-state index in [-0.39, 0.29) is 23.7 Å². The van der Waals surface area contributed by atoms with Crippen LogP contribution < -0.4 is 5.76 Å². The fourth-order valence-corrected chi connectivity index (χ4v) is 3.67. The van der Waals surface area contributed by atoms with Crippen LogP contribution in [0.4, 0.5) is 0 Å². The lowest BCUT2D eigenvalue weighted by Gasteiger charge is -2.32.